The predicted molar refractivity (Wildman–Crippen MR) is 68.7 cm³/mol. The van der Waals surface area contributed by atoms with Crippen LogP contribution >= 0.6 is 0 Å². The highest BCUT2D eigenvalue weighted by Crippen LogP contribution is 2.11. The van der Waals surface area contributed by atoms with E-state index in [1.807, 2.05) is 13.8 Å². The van der Waals surface area contributed by atoms with Crippen LogP contribution in [0.5, 0.6) is 0 Å². The minimum Gasteiger partial charge on any atom is -0.396 e. The van der Waals surface area contributed by atoms with Crippen molar-refractivity contribution in [2.75, 3.05) is 19.8 Å². The topological polar surface area (TPSA) is 101 Å². The minimum atomic E-state index is -0.954. The normalized spacial score (nSPS) is 13.4. The first-order chi connectivity index (χ1) is 7.56. The second-order valence-corrected chi connectivity index (χ2v) is 3.73. The Morgan fingerprint density at radius 2 is 1.35 bits per heavy atom. The zero-order chi connectivity index (χ0) is 13.0. The summed E-state index contributed by atoms with van der Waals surface area (Å²) in [4.78, 5) is 0. The number of hydrogen-bond donors (Lipinski definition) is 5. The Balaban J connectivity index is -0.000000244. The van der Waals surface area contributed by atoms with Crippen LogP contribution in [0.4, 0.5) is 0 Å². The van der Waals surface area contributed by atoms with Crippen LogP contribution in [0.25, 0.3) is 0 Å². The Hall–Kier alpha value is -0.200. The Labute approximate surface area is 105 Å². The Bertz CT molecular complexity index is 124. The summed E-state index contributed by atoms with van der Waals surface area (Å²) in [5.41, 5.74) is 0. The molecular formula is C12H30O5. The SMILES string of the molecule is C.CCCC(O)C(CC)CO.OCC(O)CO. The van der Waals surface area contributed by atoms with Crippen molar-refractivity contribution in [2.24, 2.45) is 5.92 Å². The highest BCUT2D eigenvalue weighted by Gasteiger charge is 2.14. The molecule has 0 amide bonds. The maximum atomic E-state index is 9.35. The molecule has 0 aliphatic rings. The lowest BCUT2D eigenvalue weighted by molar-refractivity contribution is 0.0450. The van der Waals surface area contributed by atoms with Crippen LogP contribution in [-0.4, -0.2) is 57.6 Å². The number of aliphatic hydroxyl groups is 5. The van der Waals surface area contributed by atoms with Crippen LogP contribution in [0.3, 0.4) is 0 Å². The summed E-state index contributed by atoms with van der Waals surface area (Å²) in [5.74, 6) is 0.0833. The van der Waals surface area contributed by atoms with Crippen molar-refractivity contribution < 1.29 is 25.5 Å². The van der Waals surface area contributed by atoms with E-state index in [2.05, 4.69) is 0 Å². The number of aliphatic hydroxyl groups excluding tert-OH is 5. The van der Waals surface area contributed by atoms with Gasteiger partial charge in [-0.15, -0.1) is 0 Å². The molecule has 0 rings (SSSR count). The van der Waals surface area contributed by atoms with Crippen molar-refractivity contribution in [2.45, 2.75) is 52.7 Å². The lowest BCUT2D eigenvalue weighted by Gasteiger charge is -2.17. The summed E-state index contributed by atoms with van der Waals surface area (Å²) in [7, 11) is 0. The van der Waals surface area contributed by atoms with Crippen molar-refractivity contribution in [3.63, 3.8) is 0 Å². The van der Waals surface area contributed by atoms with Gasteiger partial charge in [0.05, 0.1) is 19.3 Å². The molecule has 17 heavy (non-hydrogen) atoms. The van der Waals surface area contributed by atoms with Gasteiger partial charge in [-0.3, -0.25) is 0 Å². The molecule has 2 atom stereocenters. The van der Waals surface area contributed by atoms with Gasteiger partial charge in [0.1, 0.15) is 6.10 Å². The van der Waals surface area contributed by atoms with Gasteiger partial charge in [-0.25, -0.2) is 0 Å². The third-order valence-corrected chi connectivity index (χ3v) is 2.31. The first-order valence-electron chi connectivity index (χ1n) is 5.75. The molecule has 5 nitrogen and oxygen atoms in total. The van der Waals surface area contributed by atoms with Gasteiger partial charge in [-0.1, -0.05) is 27.7 Å². The van der Waals surface area contributed by atoms with Gasteiger partial charge in [-0.2, -0.15) is 0 Å². The van der Waals surface area contributed by atoms with Crippen LogP contribution in [0.1, 0.15) is 40.5 Å². The fraction of sp³-hybridized carbons (Fsp3) is 1.00. The van der Waals surface area contributed by atoms with Gasteiger partial charge in [0.2, 0.25) is 0 Å². The van der Waals surface area contributed by atoms with E-state index in [9.17, 15) is 5.11 Å². The first kappa shape index (κ1) is 22.0. The van der Waals surface area contributed by atoms with Crippen LogP contribution in [0, 0.1) is 5.92 Å². The van der Waals surface area contributed by atoms with Crippen LogP contribution in [-0.2, 0) is 0 Å². The fourth-order valence-electron chi connectivity index (χ4n) is 1.11. The molecule has 0 aromatic carbocycles. The highest BCUT2D eigenvalue weighted by atomic mass is 16.3. The minimum absolute atomic E-state index is 0. The molecular weight excluding hydrogens is 224 g/mol. The molecule has 108 valence electrons. The average Bonchev–Trinajstić information content (AvgIpc) is 2.31. The summed E-state index contributed by atoms with van der Waals surface area (Å²) in [6, 6.07) is 0. The highest BCUT2D eigenvalue weighted by molar-refractivity contribution is 4.65. The largest absolute Gasteiger partial charge is 0.396 e. The monoisotopic (exact) mass is 254 g/mol. The molecule has 2 unspecified atom stereocenters. The van der Waals surface area contributed by atoms with E-state index < -0.39 is 6.10 Å². The second kappa shape index (κ2) is 15.8. The smallest absolute Gasteiger partial charge is 0.100 e. The van der Waals surface area contributed by atoms with E-state index >= 15 is 0 Å². The number of rotatable bonds is 7. The third kappa shape index (κ3) is 13.7. The fourth-order valence-corrected chi connectivity index (χ4v) is 1.11. The summed E-state index contributed by atoms with van der Waals surface area (Å²) < 4.78 is 0. The molecule has 0 heterocycles. The van der Waals surface area contributed by atoms with Crippen molar-refractivity contribution in [1.29, 1.82) is 0 Å². The molecule has 0 saturated heterocycles. The Morgan fingerprint density at radius 1 is 0.882 bits per heavy atom. The summed E-state index contributed by atoms with van der Waals surface area (Å²) in [6.07, 6.45) is 1.39. The van der Waals surface area contributed by atoms with Gasteiger partial charge >= 0.3 is 0 Å². The van der Waals surface area contributed by atoms with Gasteiger partial charge in [-0.05, 0) is 12.8 Å². The van der Waals surface area contributed by atoms with Crippen LogP contribution < -0.4 is 0 Å². The lowest BCUT2D eigenvalue weighted by Crippen LogP contribution is -2.22. The number of hydrogen-bond acceptors (Lipinski definition) is 5. The molecule has 5 heteroatoms. The van der Waals surface area contributed by atoms with Gasteiger partial charge in [0.25, 0.3) is 0 Å². The maximum Gasteiger partial charge on any atom is 0.100 e. The summed E-state index contributed by atoms with van der Waals surface area (Å²) in [5, 5.41) is 42.1. The quantitative estimate of drug-likeness (QED) is 0.445. The average molecular weight is 254 g/mol. The molecule has 0 aromatic heterocycles. The third-order valence-electron chi connectivity index (χ3n) is 2.31. The van der Waals surface area contributed by atoms with E-state index in [4.69, 9.17) is 20.4 Å². The summed E-state index contributed by atoms with van der Waals surface area (Å²) in [6.45, 7) is 3.40. The van der Waals surface area contributed by atoms with E-state index in [1.54, 1.807) is 0 Å². The molecule has 0 spiro atoms. The molecule has 0 aliphatic heterocycles. The van der Waals surface area contributed by atoms with E-state index in [0.717, 1.165) is 19.3 Å². The standard InChI is InChI=1S/C8H18O2.C3H8O3.CH4/c1-3-5-8(10)7(4-2)6-9;4-1-3(6)2-5;/h7-10H,3-6H2,1-2H3;3-6H,1-2H2;1H4. The van der Waals surface area contributed by atoms with Crippen molar-refractivity contribution in [3.8, 4) is 0 Å². The van der Waals surface area contributed by atoms with Gasteiger partial charge < -0.3 is 25.5 Å². The Kier molecular flexibility index (Phi) is 20.5. The zero-order valence-electron chi connectivity index (χ0n) is 10.2. The van der Waals surface area contributed by atoms with Crippen molar-refractivity contribution in [3.05, 3.63) is 0 Å². The van der Waals surface area contributed by atoms with Gasteiger partial charge in [0.15, 0.2) is 0 Å². The van der Waals surface area contributed by atoms with E-state index in [0.29, 0.717) is 0 Å². The summed E-state index contributed by atoms with van der Waals surface area (Å²) >= 11 is 0. The van der Waals surface area contributed by atoms with Crippen molar-refractivity contribution in [1.82, 2.24) is 0 Å². The predicted octanol–water partition coefficient (Wildman–Crippen LogP) is 0.134. The van der Waals surface area contributed by atoms with Crippen LogP contribution in [0.2, 0.25) is 0 Å². The molecule has 5 N–H and O–H groups in total. The molecule has 0 radical (unpaired) electrons. The van der Waals surface area contributed by atoms with Gasteiger partial charge in [0, 0.05) is 12.5 Å². The van der Waals surface area contributed by atoms with Crippen LogP contribution in [0.15, 0.2) is 0 Å². The maximum absolute atomic E-state index is 9.35. The second-order valence-electron chi connectivity index (χ2n) is 3.73. The molecule has 0 fully saturated rings. The lowest BCUT2D eigenvalue weighted by atomic mass is 9.97. The van der Waals surface area contributed by atoms with Crippen molar-refractivity contribution >= 4 is 0 Å². The molecule has 0 saturated carbocycles. The molecule has 0 aromatic rings. The van der Waals surface area contributed by atoms with E-state index in [-0.39, 0.29) is 39.3 Å². The molecule has 0 aliphatic carbocycles. The zero-order valence-corrected chi connectivity index (χ0v) is 10.2. The first-order valence-corrected chi connectivity index (χ1v) is 5.75. The van der Waals surface area contributed by atoms with E-state index in [1.165, 1.54) is 0 Å². The molecule has 0 bridgehead atoms. The Morgan fingerprint density at radius 3 is 1.53 bits per heavy atom.